The molecule has 1 N–H and O–H groups in total. The summed E-state index contributed by atoms with van der Waals surface area (Å²) in [6.45, 7) is 5.52. The molecular formula is C26H22ClNO4. The van der Waals surface area contributed by atoms with Crippen molar-refractivity contribution in [1.29, 1.82) is 0 Å². The van der Waals surface area contributed by atoms with Crippen LogP contribution in [0.25, 0.3) is 22.3 Å². The van der Waals surface area contributed by atoms with E-state index in [4.69, 9.17) is 20.8 Å². The molecule has 0 aliphatic carbocycles. The van der Waals surface area contributed by atoms with Crippen molar-refractivity contribution in [1.82, 2.24) is 0 Å². The smallest absolute Gasteiger partial charge is 0.262 e. The van der Waals surface area contributed by atoms with Crippen molar-refractivity contribution in [2.45, 2.75) is 20.8 Å². The molecule has 1 aromatic heterocycles. The summed E-state index contributed by atoms with van der Waals surface area (Å²) in [7, 11) is 0. The first-order chi connectivity index (χ1) is 15.3. The highest BCUT2D eigenvalue weighted by molar-refractivity contribution is 6.30. The molecule has 0 unspecified atom stereocenters. The average molecular weight is 448 g/mol. The van der Waals surface area contributed by atoms with Gasteiger partial charge in [0, 0.05) is 16.3 Å². The third-order valence-electron chi connectivity index (χ3n) is 5.23. The zero-order chi connectivity index (χ0) is 22.8. The lowest BCUT2D eigenvalue weighted by Gasteiger charge is -2.13. The zero-order valence-electron chi connectivity index (χ0n) is 18.0. The summed E-state index contributed by atoms with van der Waals surface area (Å²) < 4.78 is 11.9. The Balaban J connectivity index is 1.72. The van der Waals surface area contributed by atoms with Crippen LogP contribution in [-0.4, -0.2) is 12.5 Å². The van der Waals surface area contributed by atoms with E-state index in [0.717, 1.165) is 16.7 Å². The summed E-state index contributed by atoms with van der Waals surface area (Å²) in [6, 6.07) is 18.0. The number of fused-ring (bicyclic) bond motifs is 1. The summed E-state index contributed by atoms with van der Waals surface area (Å²) in [5, 5.41) is 3.63. The van der Waals surface area contributed by atoms with E-state index in [-0.39, 0.29) is 17.8 Å². The molecule has 1 heterocycles. The Hall–Kier alpha value is -3.57. The van der Waals surface area contributed by atoms with Crippen molar-refractivity contribution in [2.75, 3.05) is 11.9 Å². The fourth-order valence-electron chi connectivity index (χ4n) is 3.36. The minimum Gasteiger partial charge on any atom is -0.476 e. The van der Waals surface area contributed by atoms with E-state index in [1.165, 1.54) is 0 Å². The maximum atomic E-state index is 13.3. The van der Waals surface area contributed by atoms with Crippen molar-refractivity contribution in [3.8, 4) is 17.1 Å². The molecule has 0 bridgehead atoms. The normalized spacial score (nSPS) is 10.9. The van der Waals surface area contributed by atoms with Crippen LogP contribution in [0.5, 0.6) is 5.75 Å². The van der Waals surface area contributed by atoms with Crippen LogP contribution in [-0.2, 0) is 4.79 Å². The number of carbonyl (C=O) groups excluding carboxylic acids is 1. The number of nitrogens with one attached hydrogen (secondary N) is 1. The van der Waals surface area contributed by atoms with Gasteiger partial charge in [-0.3, -0.25) is 9.59 Å². The molecule has 0 fully saturated rings. The van der Waals surface area contributed by atoms with Crippen LogP contribution in [0.4, 0.5) is 5.69 Å². The Kier molecular flexibility index (Phi) is 6.01. The van der Waals surface area contributed by atoms with E-state index >= 15 is 0 Å². The van der Waals surface area contributed by atoms with Crippen molar-refractivity contribution in [3.63, 3.8) is 0 Å². The summed E-state index contributed by atoms with van der Waals surface area (Å²) >= 11 is 5.96. The van der Waals surface area contributed by atoms with Crippen molar-refractivity contribution in [3.05, 3.63) is 92.6 Å². The lowest BCUT2D eigenvalue weighted by molar-refractivity contribution is -0.118. The predicted molar refractivity (Wildman–Crippen MR) is 128 cm³/mol. The molecule has 4 aromatic rings. The second-order valence-electron chi connectivity index (χ2n) is 7.74. The van der Waals surface area contributed by atoms with Crippen LogP contribution in [0.15, 0.2) is 69.9 Å². The molecule has 162 valence electrons. The number of hydrogen-bond donors (Lipinski definition) is 1. The summed E-state index contributed by atoms with van der Waals surface area (Å²) in [6.07, 6.45) is 0. The molecule has 3 aromatic carbocycles. The van der Waals surface area contributed by atoms with Crippen LogP contribution >= 0.6 is 11.6 Å². The second kappa shape index (κ2) is 8.89. The van der Waals surface area contributed by atoms with Gasteiger partial charge in [0.2, 0.25) is 11.2 Å². The van der Waals surface area contributed by atoms with E-state index in [0.29, 0.717) is 33.0 Å². The average Bonchev–Trinajstić information content (AvgIpc) is 2.75. The Morgan fingerprint density at radius 3 is 2.44 bits per heavy atom. The van der Waals surface area contributed by atoms with Gasteiger partial charge >= 0.3 is 0 Å². The summed E-state index contributed by atoms with van der Waals surface area (Å²) in [5.41, 5.74) is 4.46. The molecule has 0 aliphatic rings. The van der Waals surface area contributed by atoms with Crippen LogP contribution in [0, 0.1) is 20.8 Å². The van der Waals surface area contributed by atoms with E-state index in [1.54, 1.807) is 30.3 Å². The van der Waals surface area contributed by atoms with Crippen LogP contribution < -0.4 is 15.5 Å². The van der Waals surface area contributed by atoms with E-state index in [2.05, 4.69) is 5.32 Å². The monoisotopic (exact) mass is 447 g/mol. The summed E-state index contributed by atoms with van der Waals surface area (Å²) in [5.74, 6) is -0.117. The number of aryl methyl sites for hydroxylation is 3. The van der Waals surface area contributed by atoms with Gasteiger partial charge in [0.05, 0.1) is 5.39 Å². The van der Waals surface area contributed by atoms with Gasteiger partial charge in [-0.25, -0.2) is 0 Å². The molecule has 6 heteroatoms. The second-order valence-corrected chi connectivity index (χ2v) is 8.17. The van der Waals surface area contributed by atoms with Gasteiger partial charge in [-0.2, -0.15) is 0 Å². The number of amides is 1. The number of anilines is 1. The number of ether oxygens (including phenoxy) is 1. The van der Waals surface area contributed by atoms with Crippen LogP contribution in [0.3, 0.4) is 0 Å². The Morgan fingerprint density at radius 2 is 1.72 bits per heavy atom. The first kappa shape index (κ1) is 21.7. The summed E-state index contributed by atoms with van der Waals surface area (Å²) in [4.78, 5) is 25.8. The molecule has 32 heavy (non-hydrogen) atoms. The van der Waals surface area contributed by atoms with E-state index in [9.17, 15) is 9.59 Å². The molecule has 0 aliphatic heterocycles. The highest BCUT2D eigenvalue weighted by Gasteiger charge is 2.19. The third-order valence-corrected chi connectivity index (χ3v) is 5.47. The molecular weight excluding hydrogens is 426 g/mol. The lowest BCUT2D eigenvalue weighted by Crippen LogP contribution is -2.22. The molecule has 4 rings (SSSR count). The minimum absolute atomic E-state index is 0.00542. The molecule has 1 amide bonds. The SMILES string of the molecule is Cc1ccc(-c2oc3cc(C)c(C)cc3c(=O)c2OCC(=O)Nc2cccc(Cl)c2)cc1. The molecule has 0 radical (unpaired) electrons. The van der Waals surface area contributed by atoms with Gasteiger partial charge in [0.1, 0.15) is 5.58 Å². The van der Waals surface area contributed by atoms with Gasteiger partial charge in [-0.1, -0.05) is 47.5 Å². The molecule has 0 saturated carbocycles. The van der Waals surface area contributed by atoms with Crippen molar-refractivity contribution < 1.29 is 13.9 Å². The van der Waals surface area contributed by atoms with Gasteiger partial charge in [-0.05, 0) is 62.2 Å². The van der Waals surface area contributed by atoms with Crippen LogP contribution in [0.1, 0.15) is 16.7 Å². The van der Waals surface area contributed by atoms with Crippen molar-refractivity contribution >= 4 is 34.2 Å². The quantitative estimate of drug-likeness (QED) is 0.404. The number of halogens is 1. The van der Waals surface area contributed by atoms with Gasteiger partial charge in [-0.15, -0.1) is 0 Å². The highest BCUT2D eigenvalue weighted by atomic mass is 35.5. The maximum Gasteiger partial charge on any atom is 0.262 e. The Morgan fingerprint density at radius 1 is 1.00 bits per heavy atom. The van der Waals surface area contributed by atoms with Gasteiger partial charge in [0.25, 0.3) is 5.91 Å². The minimum atomic E-state index is -0.415. The first-order valence-corrected chi connectivity index (χ1v) is 10.5. The van der Waals surface area contributed by atoms with E-state index < -0.39 is 5.91 Å². The molecule has 0 spiro atoms. The molecule has 5 nitrogen and oxygen atoms in total. The topological polar surface area (TPSA) is 68.5 Å². The molecule has 0 saturated heterocycles. The standard InChI is InChI=1S/C26H22ClNO4/c1-15-7-9-18(10-8-15)25-26(24(30)21-11-16(2)17(3)12-22(21)32-25)31-14-23(29)28-20-6-4-5-19(27)13-20/h4-13H,14H2,1-3H3,(H,28,29). The number of carbonyl (C=O) groups is 1. The number of benzene rings is 3. The Bertz CT molecular complexity index is 1370. The van der Waals surface area contributed by atoms with Gasteiger partial charge in [0.15, 0.2) is 12.4 Å². The van der Waals surface area contributed by atoms with Crippen LogP contribution in [0.2, 0.25) is 5.02 Å². The van der Waals surface area contributed by atoms with E-state index in [1.807, 2.05) is 51.1 Å². The first-order valence-electron chi connectivity index (χ1n) is 10.1. The highest BCUT2D eigenvalue weighted by Crippen LogP contribution is 2.32. The van der Waals surface area contributed by atoms with Gasteiger partial charge < -0.3 is 14.5 Å². The third kappa shape index (κ3) is 4.53. The lowest BCUT2D eigenvalue weighted by atomic mass is 10.0. The number of hydrogen-bond acceptors (Lipinski definition) is 4. The fraction of sp³-hybridized carbons (Fsp3) is 0.154. The fourth-order valence-corrected chi connectivity index (χ4v) is 3.55. The molecule has 0 atom stereocenters. The van der Waals surface area contributed by atoms with Crippen molar-refractivity contribution in [2.24, 2.45) is 0 Å². The largest absolute Gasteiger partial charge is 0.476 e. The zero-order valence-corrected chi connectivity index (χ0v) is 18.7. The number of rotatable bonds is 5. The maximum absolute atomic E-state index is 13.3. The predicted octanol–water partition coefficient (Wildman–Crippen LogP) is 6.06. The Labute approximate surface area is 190 Å².